The zero-order chi connectivity index (χ0) is 12.0. The summed E-state index contributed by atoms with van der Waals surface area (Å²) in [6, 6.07) is 0.426. The summed E-state index contributed by atoms with van der Waals surface area (Å²) in [5, 5.41) is 4.52. The molecule has 1 unspecified atom stereocenters. The van der Waals surface area contributed by atoms with Gasteiger partial charge in [0, 0.05) is 44.9 Å². The van der Waals surface area contributed by atoms with Gasteiger partial charge in [0.1, 0.15) is 0 Å². The number of nitrogens with one attached hydrogen (secondary N) is 1. The van der Waals surface area contributed by atoms with E-state index < -0.39 is 0 Å². The Hall–Kier alpha value is -0.650. The first-order chi connectivity index (χ1) is 7.67. The van der Waals surface area contributed by atoms with E-state index in [4.69, 9.17) is 4.74 Å². The average Bonchev–Trinajstić information content (AvgIpc) is 2.73. The molecule has 16 heavy (non-hydrogen) atoms. The van der Waals surface area contributed by atoms with Crippen LogP contribution in [0.4, 0.5) is 5.13 Å². The van der Waals surface area contributed by atoms with Gasteiger partial charge in [-0.05, 0) is 6.42 Å². The summed E-state index contributed by atoms with van der Waals surface area (Å²) in [5.74, 6) is 0. The summed E-state index contributed by atoms with van der Waals surface area (Å²) < 4.78 is 5.14. The van der Waals surface area contributed by atoms with Crippen molar-refractivity contribution in [2.75, 3.05) is 32.7 Å². The number of hydrogen-bond donors (Lipinski definition) is 1. The molecule has 92 valence electrons. The Balaban J connectivity index is 2.41. The van der Waals surface area contributed by atoms with Crippen molar-refractivity contribution in [1.29, 1.82) is 0 Å². The zero-order valence-corrected chi connectivity index (χ0v) is 11.3. The summed E-state index contributed by atoms with van der Waals surface area (Å²) in [4.78, 5) is 7.63. The number of thiazole rings is 1. The molecule has 0 fully saturated rings. The standard InChI is InChI=1S/C11H21N3OS/c1-5-9(8-15-4)12-6-10-7-13-11(16-10)14(2)3/h7,9,12H,5-6,8H2,1-4H3. The largest absolute Gasteiger partial charge is 0.383 e. The number of aromatic nitrogens is 1. The highest BCUT2D eigenvalue weighted by Gasteiger charge is 2.07. The minimum atomic E-state index is 0.426. The highest BCUT2D eigenvalue weighted by atomic mass is 32.1. The zero-order valence-electron chi connectivity index (χ0n) is 10.5. The van der Waals surface area contributed by atoms with Crippen LogP contribution in [0.15, 0.2) is 6.20 Å². The molecular formula is C11H21N3OS. The molecule has 0 aliphatic rings. The van der Waals surface area contributed by atoms with E-state index in [9.17, 15) is 0 Å². The average molecular weight is 243 g/mol. The maximum atomic E-state index is 5.14. The Morgan fingerprint density at radius 2 is 2.31 bits per heavy atom. The lowest BCUT2D eigenvalue weighted by atomic mass is 10.2. The van der Waals surface area contributed by atoms with Crippen LogP contribution < -0.4 is 10.2 Å². The van der Waals surface area contributed by atoms with Gasteiger partial charge in [-0.1, -0.05) is 6.92 Å². The van der Waals surface area contributed by atoms with E-state index >= 15 is 0 Å². The number of methoxy groups -OCH3 is 1. The lowest BCUT2D eigenvalue weighted by molar-refractivity contribution is 0.164. The Morgan fingerprint density at radius 1 is 1.56 bits per heavy atom. The fourth-order valence-electron chi connectivity index (χ4n) is 1.35. The van der Waals surface area contributed by atoms with Crippen molar-refractivity contribution in [1.82, 2.24) is 10.3 Å². The molecule has 0 radical (unpaired) electrons. The number of nitrogens with zero attached hydrogens (tertiary/aromatic N) is 2. The molecule has 0 aliphatic heterocycles. The van der Waals surface area contributed by atoms with Gasteiger partial charge in [-0.15, -0.1) is 11.3 Å². The van der Waals surface area contributed by atoms with Crippen LogP contribution in [0.2, 0.25) is 0 Å². The predicted molar refractivity (Wildman–Crippen MR) is 69.2 cm³/mol. The normalized spacial score (nSPS) is 12.8. The molecule has 1 aromatic rings. The topological polar surface area (TPSA) is 37.4 Å². The molecule has 0 saturated heterocycles. The van der Waals surface area contributed by atoms with Crippen LogP contribution in [0.3, 0.4) is 0 Å². The summed E-state index contributed by atoms with van der Waals surface area (Å²) >= 11 is 1.72. The van der Waals surface area contributed by atoms with Gasteiger partial charge in [0.25, 0.3) is 0 Å². The fraction of sp³-hybridized carbons (Fsp3) is 0.727. The fourth-order valence-corrected chi connectivity index (χ4v) is 2.14. The first-order valence-electron chi connectivity index (χ1n) is 5.51. The van der Waals surface area contributed by atoms with Gasteiger partial charge in [0.05, 0.1) is 6.61 Å². The molecule has 0 bridgehead atoms. The molecule has 4 nitrogen and oxygen atoms in total. The molecule has 1 rings (SSSR count). The SMILES string of the molecule is CCC(COC)NCc1cnc(N(C)C)s1. The van der Waals surface area contributed by atoms with Crippen LogP contribution >= 0.6 is 11.3 Å². The Morgan fingerprint density at radius 3 is 2.81 bits per heavy atom. The third-order valence-electron chi connectivity index (χ3n) is 2.35. The Bertz CT molecular complexity index is 301. The number of anilines is 1. The molecule has 0 aliphatic carbocycles. The first kappa shape index (κ1) is 13.4. The van der Waals surface area contributed by atoms with Crippen molar-refractivity contribution in [2.24, 2.45) is 0 Å². The van der Waals surface area contributed by atoms with Crippen molar-refractivity contribution < 1.29 is 4.74 Å². The van der Waals surface area contributed by atoms with Crippen molar-refractivity contribution >= 4 is 16.5 Å². The lowest BCUT2D eigenvalue weighted by Gasteiger charge is -2.14. The van der Waals surface area contributed by atoms with Crippen LogP contribution in [0.25, 0.3) is 0 Å². The van der Waals surface area contributed by atoms with Gasteiger partial charge in [0.2, 0.25) is 0 Å². The summed E-state index contributed by atoms with van der Waals surface area (Å²) in [6.07, 6.45) is 3.01. The van der Waals surface area contributed by atoms with Crippen LogP contribution in [-0.4, -0.2) is 38.8 Å². The minimum absolute atomic E-state index is 0.426. The second-order valence-corrected chi connectivity index (χ2v) is 5.04. The van der Waals surface area contributed by atoms with Crippen LogP contribution in [0.1, 0.15) is 18.2 Å². The van der Waals surface area contributed by atoms with Gasteiger partial charge in [0.15, 0.2) is 5.13 Å². The van der Waals surface area contributed by atoms with Gasteiger partial charge < -0.3 is 15.0 Å². The second kappa shape index (κ2) is 6.83. The van der Waals surface area contributed by atoms with E-state index in [2.05, 4.69) is 17.2 Å². The number of ether oxygens (including phenoxy) is 1. The third kappa shape index (κ3) is 4.08. The quantitative estimate of drug-likeness (QED) is 0.791. The smallest absolute Gasteiger partial charge is 0.185 e. The van der Waals surface area contributed by atoms with Crippen molar-refractivity contribution in [3.8, 4) is 0 Å². The highest BCUT2D eigenvalue weighted by molar-refractivity contribution is 7.15. The van der Waals surface area contributed by atoms with Gasteiger partial charge in [-0.2, -0.15) is 0 Å². The lowest BCUT2D eigenvalue weighted by Crippen LogP contribution is -2.31. The number of hydrogen-bond acceptors (Lipinski definition) is 5. The highest BCUT2D eigenvalue weighted by Crippen LogP contribution is 2.20. The minimum Gasteiger partial charge on any atom is -0.383 e. The first-order valence-corrected chi connectivity index (χ1v) is 6.33. The molecule has 0 amide bonds. The summed E-state index contributed by atoms with van der Waals surface area (Å²) in [5.41, 5.74) is 0. The molecule has 0 spiro atoms. The summed E-state index contributed by atoms with van der Waals surface area (Å²) in [6.45, 7) is 3.79. The van der Waals surface area contributed by atoms with Gasteiger partial charge in [-0.25, -0.2) is 4.98 Å². The predicted octanol–water partition coefficient (Wildman–Crippen LogP) is 1.72. The molecule has 1 aromatic heterocycles. The van der Waals surface area contributed by atoms with E-state index in [0.717, 1.165) is 24.7 Å². The van der Waals surface area contributed by atoms with Crippen molar-refractivity contribution in [3.63, 3.8) is 0 Å². The second-order valence-electron chi connectivity index (χ2n) is 3.94. The summed E-state index contributed by atoms with van der Waals surface area (Å²) in [7, 11) is 5.76. The molecule has 1 atom stereocenters. The van der Waals surface area contributed by atoms with Crippen molar-refractivity contribution in [3.05, 3.63) is 11.1 Å². The molecule has 0 aromatic carbocycles. The van der Waals surface area contributed by atoms with E-state index in [1.54, 1.807) is 18.4 Å². The Kier molecular flexibility index (Phi) is 5.73. The molecule has 0 saturated carbocycles. The third-order valence-corrected chi connectivity index (χ3v) is 3.51. The maximum Gasteiger partial charge on any atom is 0.185 e. The molecular weight excluding hydrogens is 222 g/mol. The van der Waals surface area contributed by atoms with E-state index in [-0.39, 0.29) is 0 Å². The molecule has 5 heteroatoms. The van der Waals surface area contributed by atoms with Crippen LogP contribution in [-0.2, 0) is 11.3 Å². The molecule has 1 N–H and O–H groups in total. The molecule has 1 heterocycles. The van der Waals surface area contributed by atoms with E-state index in [1.165, 1.54) is 4.88 Å². The maximum absolute atomic E-state index is 5.14. The van der Waals surface area contributed by atoms with E-state index in [1.807, 2.05) is 25.2 Å². The number of rotatable bonds is 7. The monoisotopic (exact) mass is 243 g/mol. The van der Waals surface area contributed by atoms with Crippen molar-refractivity contribution in [2.45, 2.75) is 25.9 Å². The Labute approximate surface area is 102 Å². The van der Waals surface area contributed by atoms with Crippen LogP contribution in [0.5, 0.6) is 0 Å². The van der Waals surface area contributed by atoms with Gasteiger partial charge in [-0.3, -0.25) is 0 Å². The van der Waals surface area contributed by atoms with E-state index in [0.29, 0.717) is 6.04 Å². The van der Waals surface area contributed by atoms with Crippen LogP contribution in [0, 0.1) is 0 Å². The van der Waals surface area contributed by atoms with Gasteiger partial charge >= 0.3 is 0 Å².